The predicted molar refractivity (Wildman–Crippen MR) is 374 cm³/mol. The number of benzene rings is 10. The van der Waals surface area contributed by atoms with Gasteiger partial charge in [0.05, 0.1) is 62.0 Å². The number of para-hydroxylation sites is 4. The minimum atomic E-state index is -1.52. The summed E-state index contributed by atoms with van der Waals surface area (Å²) in [5.74, 6) is 4.01. The third-order valence-corrected chi connectivity index (χ3v) is 23.8. The Balaban J connectivity index is 0.000000201. The standard InChI is InChI=1S/C34H38B2O2P2.C34H32O2P2.C4H11N/c1-37-31-20-9-11-22-33(31)39(35,29-16-5-3-6-17-29)25-27-14-13-15-28(24-27)26-40(36,30-18-7-4-8-19-30)34-23-12-10-21-32(34)38-2;1-35-31-20-9-11-22-33(31)37(29-16-5-3-6-17-29)25-27-14-13-15-28(24-27)26-38(30-18-7-4-8-19-30)34-23-12-10-21-32(34)36-2;1-3-5-4-2/h3-24H,25-26H2,1-2,35-36H3;3-24H,25-26H2,1-2H3;5H,3-4H2,1-2H3. The van der Waals surface area contributed by atoms with Crippen molar-refractivity contribution in [1.29, 1.82) is 0 Å². The van der Waals surface area contributed by atoms with Gasteiger partial charge in [0.25, 0.3) is 0 Å². The lowest BCUT2D eigenvalue weighted by Gasteiger charge is -2.32. The number of nitrogens with one attached hydrogen (secondary N) is 1. The molecule has 0 aliphatic heterocycles. The second kappa shape index (κ2) is 31.8. The van der Waals surface area contributed by atoms with E-state index >= 15 is 0 Å². The first-order valence-electron chi connectivity index (χ1n) is 27.6. The minimum Gasteiger partial charge on any atom is -0.496 e. The Hall–Kier alpha value is -6.79. The number of hydrogen-bond acceptors (Lipinski definition) is 5. The maximum Gasteiger partial charge on any atom is 0.156 e. The molecule has 10 aromatic carbocycles. The van der Waals surface area contributed by atoms with Gasteiger partial charge in [0.2, 0.25) is 0 Å². The number of methoxy groups -OCH3 is 4. The molecule has 0 fully saturated rings. The van der Waals surface area contributed by atoms with E-state index in [0.29, 0.717) is 0 Å². The van der Waals surface area contributed by atoms with Gasteiger partial charge in [-0.25, -0.2) is 0 Å². The number of rotatable bonds is 22. The van der Waals surface area contributed by atoms with Crippen molar-refractivity contribution >= 4 is 87.7 Å². The maximum atomic E-state index is 5.93. The molecule has 10 aromatic rings. The van der Waals surface area contributed by atoms with Crippen molar-refractivity contribution in [2.75, 3.05) is 41.5 Å². The molecule has 424 valence electrons. The van der Waals surface area contributed by atoms with E-state index in [0.717, 1.165) is 60.7 Å². The molecule has 0 aromatic heterocycles. The molecule has 0 bridgehead atoms. The average molecular weight is 1170 g/mol. The SMILES string of the molecule is CCNCC.COc1ccccc1P(Cc1cccc(CP(c2ccccc2)c2ccccc2OC)c1)c1ccccc1.[BH3-][P+](Cc1cccc(C[P+]([BH3-])(c2ccccc2)c2ccccc2OC)c1)(c1ccccc1)c1ccccc1OC. The summed E-state index contributed by atoms with van der Waals surface area (Å²) in [7, 11) is 2.77. The lowest BCUT2D eigenvalue weighted by molar-refractivity contribution is 0.418. The Labute approximate surface area is 501 Å². The van der Waals surface area contributed by atoms with Crippen molar-refractivity contribution in [2.24, 2.45) is 0 Å². The highest BCUT2D eigenvalue weighted by molar-refractivity contribution is 8.08. The molecular weight excluding hydrogens is 1090 g/mol. The Bertz CT molecular complexity index is 3320. The zero-order valence-electron chi connectivity index (χ0n) is 47.6. The highest BCUT2D eigenvalue weighted by Crippen LogP contribution is 2.58. The molecule has 4 unspecified atom stereocenters. The monoisotopic (exact) mass is 1170 g/mol. The molecule has 83 heavy (non-hydrogen) atoms. The maximum absolute atomic E-state index is 5.93. The molecule has 1 N–H and O–H groups in total. The van der Waals surface area contributed by atoms with Crippen molar-refractivity contribution in [3.05, 3.63) is 289 Å². The van der Waals surface area contributed by atoms with E-state index in [9.17, 15) is 0 Å². The van der Waals surface area contributed by atoms with E-state index in [4.69, 9.17) is 18.9 Å². The van der Waals surface area contributed by atoms with Gasteiger partial charge in [-0.2, -0.15) is 0 Å². The van der Waals surface area contributed by atoms with E-state index in [1.54, 1.807) is 14.2 Å². The van der Waals surface area contributed by atoms with E-state index < -0.39 is 30.1 Å². The quantitative estimate of drug-likeness (QED) is 0.0541. The number of hydrogen-bond donors (Lipinski definition) is 1. The van der Waals surface area contributed by atoms with Crippen LogP contribution in [-0.4, -0.2) is 56.7 Å². The molecule has 0 amide bonds. The van der Waals surface area contributed by atoms with Crippen molar-refractivity contribution in [3.63, 3.8) is 0 Å². The Morgan fingerprint density at radius 1 is 0.337 bits per heavy atom. The van der Waals surface area contributed by atoms with E-state index in [1.807, 2.05) is 26.4 Å². The van der Waals surface area contributed by atoms with Crippen LogP contribution in [0.25, 0.3) is 0 Å². The Morgan fingerprint density at radius 3 is 0.988 bits per heavy atom. The van der Waals surface area contributed by atoms with Crippen molar-refractivity contribution in [3.8, 4) is 23.0 Å². The van der Waals surface area contributed by atoms with Gasteiger partial charge in [-0.05, 0) is 129 Å². The molecule has 0 radical (unpaired) electrons. The molecular formula is C72H81B2NO4P4. The highest BCUT2D eigenvalue weighted by Gasteiger charge is 2.36. The van der Waals surface area contributed by atoms with Gasteiger partial charge >= 0.3 is 0 Å². The van der Waals surface area contributed by atoms with Crippen LogP contribution in [0.3, 0.4) is 0 Å². The first-order chi connectivity index (χ1) is 40.7. The van der Waals surface area contributed by atoms with Gasteiger partial charge in [0.1, 0.15) is 26.6 Å². The Kier molecular flexibility index (Phi) is 23.8. The zero-order valence-corrected chi connectivity index (χ0v) is 51.1. The molecule has 11 heteroatoms. The first kappa shape index (κ1) is 62.3. The predicted octanol–water partition coefficient (Wildman–Crippen LogP) is 12.2. The average Bonchev–Trinajstić information content (AvgIpc) is 3.70. The molecule has 0 heterocycles. The van der Waals surface area contributed by atoms with Crippen LogP contribution in [0.4, 0.5) is 0 Å². The van der Waals surface area contributed by atoms with Gasteiger partial charge < -0.3 is 24.3 Å². The summed E-state index contributed by atoms with van der Waals surface area (Å²) in [6.07, 6.45) is 4.14. The summed E-state index contributed by atoms with van der Waals surface area (Å²) in [6.45, 7) is 6.39. The normalized spacial score (nSPS) is 13.0. The van der Waals surface area contributed by atoms with Crippen LogP contribution >= 0.6 is 30.1 Å². The first-order valence-corrected chi connectivity index (χ1v) is 33.7. The fourth-order valence-corrected chi connectivity index (χ4v) is 19.4. The van der Waals surface area contributed by atoms with Crippen LogP contribution in [0.2, 0.25) is 0 Å². The van der Waals surface area contributed by atoms with Crippen molar-refractivity contribution in [2.45, 2.75) is 38.5 Å². The summed E-state index contributed by atoms with van der Waals surface area (Å²) in [5, 5.41) is 14.3. The van der Waals surface area contributed by atoms with Gasteiger partial charge in [-0.3, -0.25) is 0 Å². The van der Waals surface area contributed by atoms with Crippen LogP contribution in [0.5, 0.6) is 23.0 Å². The summed E-state index contributed by atoms with van der Waals surface area (Å²) in [4.78, 5) is 0. The zero-order chi connectivity index (χ0) is 58.3. The lowest BCUT2D eigenvalue weighted by Crippen LogP contribution is -2.26. The van der Waals surface area contributed by atoms with Crippen LogP contribution in [0, 0.1) is 0 Å². The van der Waals surface area contributed by atoms with Crippen LogP contribution in [0.15, 0.2) is 267 Å². The molecule has 0 aliphatic rings. The third-order valence-electron chi connectivity index (χ3n) is 13.6. The minimum absolute atomic E-state index is 0.0508. The fourth-order valence-electron chi connectivity index (χ4n) is 9.74. The molecule has 0 saturated heterocycles. The van der Waals surface area contributed by atoms with Crippen LogP contribution in [0.1, 0.15) is 36.1 Å². The summed E-state index contributed by atoms with van der Waals surface area (Å²) in [6, 6.07) is 97.3. The number of ether oxygens (including phenoxy) is 4. The third kappa shape index (κ3) is 16.3. The van der Waals surface area contributed by atoms with Crippen LogP contribution in [-0.2, 0) is 24.6 Å². The fraction of sp³-hybridized carbons (Fsp3) is 0.167. The molecule has 10 rings (SSSR count). The highest BCUT2D eigenvalue weighted by atomic mass is 31.2. The van der Waals surface area contributed by atoms with Crippen LogP contribution < -0.4 is 66.7 Å². The smallest absolute Gasteiger partial charge is 0.156 e. The molecule has 0 spiro atoms. The van der Waals surface area contributed by atoms with Crippen molar-refractivity contribution < 1.29 is 18.9 Å². The van der Waals surface area contributed by atoms with Gasteiger partial charge in [-0.1, -0.05) is 228 Å². The molecule has 0 saturated carbocycles. The van der Waals surface area contributed by atoms with E-state index in [2.05, 4.69) is 274 Å². The largest absolute Gasteiger partial charge is 0.496 e. The van der Waals surface area contributed by atoms with Crippen molar-refractivity contribution in [1.82, 2.24) is 5.32 Å². The summed E-state index contributed by atoms with van der Waals surface area (Å²) < 4.78 is 23.4. The van der Waals surface area contributed by atoms with Gasteiger partial charge in [-0.15, -0.1) is 0 Å². The second-order valence-corrected chi connectivity index (χ2v) is 27.7. The summed E-state index contributed by atoms with van der Waals surface area (Å²) >= 11 is 0. The summed E-state index contributed by atoms with van der Waals surface area (Å²) in [5.41, 5.74) is 5.61. The molecule has 5 nitrogen and oxygen atoms in total. The van der Waals surface area contributed by atoms with Gasteiger partial charge in [0, 0.05) is 22.9 Å². The lowest BCUT2D eigenvalue weighted by atomic mass is 10.2. The van der Waals surface area contributed by atoms with E-state index in [1.165, 1.54) is 64.7 Å². The molecule has 0 aliphatic carbocycles. The van der Waals surface area contributed by atoms with E-state index in [-0.39, 0.29) is 15.1 Å². The topological polar surface area (TPSA) is 49.0 Å². The second-order valence-electron chi connectivity index (χ2n) is 19.0. The van der Waals surface area contributed by atoms with Gasteiger partial charge in [0.15, 0.2) is 11.5 Å². The Morgan fingerprint density at radius 2 is 0.639 bits per heavy atom. The molecule has 4 atom stereocenters.